The number of carbonyl (C=O) groups is 1. The van der Waals surface area contributed by atoms with Crippen molar-refractivity contribution in [1.82, 2.24) is 0 Å². The van der Waals surface area contributed by atoms with Crippen LogP contribution in [-0.4, -0.2) is 5.91 Å². The Bertz CT molecular complexity index is 450. The highest BCUT2D eigenvalue weighted by atomic mass is 19.4. The third kappa shape index (κ3) is 3.94. The average Bonchev–Trinajstić information content (AvgIpc) is 2.18. The summed E-state index contributed by atoms with van der Waals surface area (Å²) in [6.45, 7) is 1.40. The summed E-state index contributed by atoms with van der Waals surface area (Å²) >= 11 is 0. The Labute approximate surface area is 96.9 Å². The molecule has 92 valence electrons. The van der Waals surface area contributed by atoms with Gasteiger partial charge in [0.05, 0.1) is 5.56 Å². The molecule has 2 nitrogen and oxygen atoms in total. The van der Waals surface area contributed by atoms with E-state index in [1.165, 1.54) is 25.1 Å². The molecule has 0 unspecified atom stereocenters. The second-order valence-corrected chi connectivity index (χ2v) is 3.64. The van der Waals surface area contributed by atoms with Crippen LogP contribution < -0.4 is 5.73 Å². The van der Waals surface area contributed by atoms with Gasteiger partial charge in [0.1, 0.15) is 0 Å². The maximum atomic E-state index is 12.6. The Morgan fingerprint density at radius 2 is 2.06 bits per heavy atom. The number of alkyl halides is 3. The van der Waals surface area contributed by atoms with Gasteiger partial charge in [0, 0.05) is 6.42 Å². The Balaban J connectivity index is 2.97. The van der Waals surface area contributed by atoms with Gasteiger partial charge in [-0.2, -0.15) is 13.2 Å². The summed E-state index contributed by atoms with van der Waals surface area (Å²) in [6, 6.07) is 4.00. The van der Waals surface area contributed by atoms with Crippen LogP contribution in [0.25, 0.3) is 6.08 Å². The van der Waals surface area contributed by atoms with Crippen molar-refractivity contribution in [2.24, 2.45) is 5.73 Å². The number of hydrogen-bond donors (Lipinski definition) is 1. The number of aryl methyl sites for hydroxylation is 1. The first kappa shape index (κ1) is 13.3. The first-order valence-electron chi connectivity index (χ1n) is 4.93. The molecule has 0 fully saturated rings. The molecular formula is C12H12F3NO. The molecule has 1 amide bonds. The molecular weight excluding hydrogens is 231 g/mol. The van der Waals surface area contributed by atoms with E-state index in [2.05, 4.69) is 0 Å². The van der Waals surface area contributed by atoms with Crippen molar-refractivity contribution in [3.63, 3.8) is 0 Å². The fraction of sp³-hybridized carbons (Fsp3) is 0.250. The zero-order chi connectivity index (χ0) is 13.1. The summed E-state index contributed by atoms with van der Waals surface area (Å²) in [5.74, 6) is -0.524. The molecule has 0 aliphatic rings. The molecule has 1 aromatic rings. The highest BCUT2D eigenvalue weighted by Crippen LogP contribution is 2.32. The van der Waals surface area contributed by atoms with E-state index >= 15 is 0 Å². The number of rotatable bonds is 3. The van der Waals surface area contributed by atoms with E-state index in [9.17, 15) is 18.0 Å². The summed E-state index contributed by atoms with van der Waals surface area (Å²) in [6.07, 6.45) is -1.47. The van der Waals surface area contributed by atoms with Crippen LogP contribution in [-0.2, 0) is 11.0 Å². The van der Waals surface area contributed by atoms with Gasteiger partial charge < -0.3 is 5.73 Å². The number of nitrogens with two attached hydrogens (primary N) is 1. The van der Waals surface area contributed by atoms with Crippen molar-refractivity contribution in [2.45, 2.75) is 19.5 Å². The summed E-state index contributed by atoms with van der Waals surface area (Å²) in [5, 5.41) is 0. The van der Waals surface area contributed by atoms with E-state index in [4.69, 9.17) is 5.73 Å². The van der Waals surface area contributed by atoms with E-state index in [-0.39, 0.29) is 12.0 Å². The molecule has 0 radical (unpaired) electrons. The van der Waals surface area contributed by atoms with E-state index in [0.29, 0.717) is 5.56 Å². The molecule has 1 aromatic carbocycles. The molecule has 0 saturated carbocycles. The lowest BCUT2D eigenvalue weighted by atomic mass is 10.0. The van der Waals surface area contributed by atoms with Crippen LogP contribution in [0.4, 0.5) is 13.2 Å². The summed E-state index contributed by atoms with van der Waals surface area (Å²) in [5.41, 5.74) is 4.81. The van der Waals surface area contributed by atoms with Crippen LogP contribution in [0.15, 0.2) is 24.3 Å². The minimum absolute atomic E-state index is 0.00915. The molecule has 17 heavy (non-hydrogen) atoms. The lowest BCUT2D eigenvalue weighted by Gasteiger charge is -2.10. The summed E-state index contributed by atoms with van der Waals surface area (Å²) < 4.78 is 37.7. The monoisotopic (exact) mass is 243 g/mol. The van der Waals surface area contributed by atoms with Gasteiger partial charge in [0.25, 0.3) is 0 Å². The Morgan fingerprint density at radius 1 is 1.41 bits per heavy atom. The second-order valence-electron chi connectivity index (χ2n) is 3.64. The van der Waals surface area contributed by atoms with Crippen LogP contribution in [0.3, 0.4) is 0 Å². The van der Waals surface area contributed by atoms with Gasteiger partial charge in [-0.1, -0.05) is 24.3 Å². The molecule has 2 N–H and O–H groups in total. The van der Waals surface area contributed by atoms with Gasteiger partial charge in [0.15, 0.2) is 0 Å². The van der Waals surface area contributed by atoms with E-state index in [0.717, 1.165) is 6.07 Å². The third-order valence-electron chi connectivity index (χ3n) is 2.20. The highest BCUT2D eigenvalue weighted by Gasteiger charge is 2.32. The number of hydrogen-bond acceptors (Lipinski definition) is 1. The van der Waals surface area contributed by atoms with Crippen LogP contribution in [0.2, 0.25) is 0 Å². The van der Waals surface area contributed by atoms with Crippen molar-refractivity contribution in [3.05, 3.63) is 41.0 Å². The first-order valence-corrected chi connectivity index (χ1v) is 4.93. The quantitative estimate of drug-likeness (QED) is 0.871. The zero-order valence-corrected chi connectivity index (χ0v) is 9.21. The van der Waals surface area contributed by atoms with Crippen molar-refractivity contribution in [1.29, 1.82) is 0 Å². The maximum Gasteiger partial charge on any atom is 0.416 e. The predicted octanol–water partition coefficient (Wildman–Crippen LogP) is 2.90. The molecule has 1 rings (SSSR count). The molecule has 0 aliphatic carbocycles. The molecule has 0 atom stereocenters. The van der Waals surface area contributed by atoms with Crippen LogP contribution >= 0.6 is 0 Å². The van der Waals surface area contributed by atoms with Gasteiger partial charge in [-0.3, -0.25) is 4.79 Å². The Kier molecular flexibility index (Phi) is 3.93. The number of benzene rings is 1. The van der Waals surface area contributed by atoms with Crippen LogP contribution in [0.1, 0.15) is 23.1 Å². The minimum atomic E-state index is -4.36. The van der Waals surface area contributed by atoms with Gasteiger partial charge in [-0.05, 0) is 24.1 Å². The fourth-order valence-electron chi connectivity index (χ4n) is 1.36. The lowest BCUT2D eigenvalue weighted by Crippen LogP contribution is -2.08. The second kappa shape index (κ2) is 5.03. The summed E-state index contributed by atoms with van der Waals surface area (Å²) in [4.78, 5) is 10.5. The lowest BCUT2D eigenvalue weighted by molar-refractivity contribution is -0.138. The molecule has 0 saturated heterocycles. The first-order chi connectivity index (χ1) is 7.80. The highest BCUT2D eigenvalue weighted by molar-refractivity contribution is 5.76. The fourth-order valence-corrected chi connectivity index (χ4v) is 1.36. The number of amides is 1. The smallest absolute Gasteiger partial charge is 0.369 e. The van der Waals surface area contributed by atoms with Crippen molar-refractivity contribution in [2.75, 3.05) is 0 Å². The van der Waals surface area contributed by atoms with E-state index in [1.54, 1.807) is 6.07 Å². The van der Waals surface area contributed by atoms with Crippen molar-refractivity contribution < 1.29 is 18.0 Å². The molecule has 0 aliphatic heterocycles. The maximum absolute atomic E-state index is 12.6. The minimum Gasteiger partial charge on any atom is -0.369 e. The summed E-state index contributed by atoms with van der Waals surface area (Å²) in [7, 11) is 0. The number of halogens is 3. The number of carbonyl (C=O) groups excluding carboxylic acids is 1. The standard InChI is InChI=1S/C12H12F3NO/c1-8-5-6-9(3-2-4-11(16)17)7-10(8)12(13,14)15/h2-3,5-7H,4H2,1H3,(H2,16,17). The molecule has 5 heteroatoms. The zero-order valence-electron chi connectivity index (χ0n) is 9.21. The molecule has 0 heterocycles. The average molecular weight is 243 g/mol. The van der Waals surface area contributed by atoms with Gasteiger partial charge in [-0.15, -0.1) is 0 Å². The normalized spacial score (nSPS) is 12.0. The molecule has 0 aromatic heterocycles. The van der Waals surface area contributed by atoms with Crippen molar-refractivity contribution >= 4 is 12.0 Å². The van der Waals surface area contributed by atoms with Crippen molar-refractivity contribution in [3.8, 4) is 0 Å². The van der Waals surface area contributed by atoms with Gasteiger partial charge in [0.2, 0.25) is 5.91 Å². The third-order valence-corrected chi connectivity index (χ3v) is 2.20. The Morgan fingerprint density at radius 3 is 2.59 bits per heavy atom. The topological polar surface area (TPSA) is 43.1 Å². The van der Waals surface area contributed by atoms with Crippen LogP contribution in [0, 0.1) is 6.92 Å². The predicted molar refractivity (Wildman–Crippen MR) is 59.0 cm³/mol. The Hall–Kier alpha value is -1.78. The largest absolute Gasteiger partial charge is 0.416 e. The van der Waals surface area contributed by atoms with E-state index in [1.807, 2.05) is 0 Å². The SMILES string of the molecule is Cc1ccc(C=CCC(N)=O)cc1C(F)(F)F. The van der Waals surface area contributed by atoms with Gasteiger partial charge >= 0.3 is 6.18 Å². The molecule has 0 spiro atoms. The van der Waals surface area contributed by atoms with Gasteiger partial charge in [-0.25, -0.2) is 0 Å². The molecule has 0 bridgehead atoms. The number of primary amides is 1. The van der Waals surface area contributed by atoms with Crippen LogP contribution in [0.5, 0.6) is 0 Å². The van der Waals surface area contributed by atoms with E-state index < -0.39 is 17.6 Å².